The normalized spacial score (nSPS) is 17.7. The number of hydrogen-bond donors (Lipinski definition) is 2. The van der Waals surface area contributed by atoms with Crippen LogP contribution in [0.2, 0.25) is 0 Å². The van der Waals surface area contributed by atoms with Gasteiger partial charge in [0.25, 0.3) is 0 Å². The van der Waals surface area contributed by atoms with Crippen molar-refractivity contribution in [2.75, 3.05) is 25.0 Å². The number of anilines is 1. The molecule has 0 unspecified atom stereocenters. The van der Waals surface area contributed by atoms with Crippen LogP contribution in [0.15, 0.2) is 41.3 Å². The second-order valence-corrected chi connectivity index (χ2v) is 7.70. The number of aliphatic hydroxyl groups excluding tert-OH is 1. The van der Waals surface area contributed by atoms with Crippen molar-refractivity contribution in [2.24, 2.45) is 0 Å². The lowest BCUT2D eigenvalue weighted by atomic mass is 10.1. The molecule has 1 heterocycles. The Labute approximate surface area is 139 Å². The molecule has 2 rings (SSSR count). The van der Waals surface area contributed by atoms with Crippen molar-refractivity contribution in [3.63, 3.8) is 0 Å². The summed E-state index contributed by atoms with van der Waals surface area (Å²) >= 11 is 0. The van der Waals surface area contributed by atoms with Crippen molar-refractivity contribution in [1.29, 1.82) is 0 Å². The molecule has 1 aliphatic rings. The zero-order valence-electron chi connectivity index (χ0n) is 13.6. The largest absolute Gasteiger partial charge is 0.393 e. The van der Waals surface area contributed by atoms with Gasteiger partial charge in [-0.2, -0.15) is 4.31 Å². The van der Waals surface area contributed by atoms with Crippen LogP contribution in [0.5, 0.6) is 0 Å². The summed E-state index contributed by atoms with van der Waals surface area (Å²) in [4.78, 5) is 0.308. The van der Waals surface area contributed by atoms with Gasteiger partial charge in [0, 0.05) is 25.3 Å². The lowest BCUT2D eigenvalue weighted by Gasteiger charge is -2.28. The maximum Gasteiger partial charge on any atom is 0.243 e. The first kappa shape index (κ1) is 18.0. The summed E-state index contributed by atoms with van der Waals surface area (Å²) in [5.74, 6) is 0. The van der Waals surface area contributed by atoms with Gasteiger partial charge in [0.2, 0.25) is 10.0 Å². The Kier molecular flexibility index (Phi) is 6.62. The summed E-state index contributed by atoms with van der Waals surface area (Å²) in [7, 11) is -3.48. The van der Waals surface area contributed by atoms with Gasteiger partial charge in [0.1, 0.15) is 0 Å². The summed E-state index contributed by atoms with van der Waals surface area (Å²) in [5, 5.41) is 12.8. The average molecular weight is 338 g/mol. The number of rotatable bonds is 7. The van der Waals surface area contributed by atoms with Crippen LogP contribution in [0.25, 0.3) is 0 Å². The van der Waals surface area contributed by atoms with Crippen molar-refractivity contribution < 1.29 is 13.5 Å². The number of piperidine rings is 1. The molecule has 1 aromatic rings. The zero-order valence-corrected chi connectivity index (χ0v) is 14.4. The number of benzene rings is 1. The summed E-state index contributed by atoms with van der Waals surface area (Å²) in [5.41, 5.74) is 0.813. The molecule has 2 N–H and O–H groups in total. The minimum atomic E-state index is -3.48. The molecule has 0 bridgehead atoms. The number of aliphatic hydroxyl groups is 1. The van der Waals surface area contributed by atoms with E-state index in [1.165, 1.54) is 4.31 Å². The Morgan fingerprint density at radius 2 is 2.04 bits per heavy atom. The molecule has 1 aromatic carbocycles. The second-order valence-electron chi connectivity index (χ2n) is 5.76. The second kappa shape index (κ2) is 8.47. The monoisotopic (exact) mass is 338 g/mol. The van der Waals surface area contributed by atoms with Crippen LogP contribution in [-0.4, -0.2) is 43.6 Å². The first-order chi connectivity index (χ1) is 11.0. The van der Waals surface area contributed by atoms with E-state index in [0.717, 1.165) is 25.1 Å². The fourth-order valence-electron chi connectivity index (χ4n) is 2.58. The highest BCUT2D eigenvalue weighted by Crippen LogP contribution is 2.23. The fraction of sp³-hybridized carbons (Fsp3) is 0.529. The Balaban J connectivity index is 2.02. The Morgan fingerprint density at radius 1 is 1.30 bits per heavy atom. The molecule has 0 aliphatic carbocycles. The first-order valence-corrected chi connectivity index (χ1v) is 9.65. The van der Waals surface area contributed by atoms with Crippen LogP contribution in [0.4, 0.5) is 5.69 Å². The highest BCUT2D eigenvalue weighted by molar-refractivity contribution is 7.89. The molecule has 0 atom stereocenters. The lowest BCUT2D eigenvalue weighted by Crippen LogP contribution is -2.39. The van der Waals surface area contributed by atoms with E-state index < -0.39 is 10.0 Å². The number of allylic oxidation sites excluding steroid dienone is 1. The Hall–Kier alpha value is -1.37. The molecule has 1 saturated heterocycles. The van der Waals surface area contributed by atoms with Crippen LogP contribution in [-0.2, 0) is 10.0 Å². The van der Waals surface area contributed by atoms with Crippen molar-refractivity contribution in [2.45, 2.75) is 43.6 Å². The minimum Gasteiger partial charge on any atom is -0.393 e. The lowest BCUT2D eigenvalue weighted by molar-refractivity contribution is 0.113. The summed E-state index contributed by atoms with van der Waals surface area (Å²) < 4.78 is 26.8. The number of nitrogens with zero attached hydrogens (tertiary/aromatic N) is 1. The van der Waals surface area contributed by atoms with Crippen molar-refractivity contribution >= 4 is 15.7 Å². The van der Waals surface area contributed by atoms with Crippen molar-refractivity contribution in [3.8, 4) is 0 Å². The molecule has 1 fully saturated rings. The predicted octanol–water partition coefficient (Wildman–Crippen LogP) is 2.60. The van der Waals surface area contributed by atoms with Crippen LogP contribution < -0.4 is 5.32 Å². The summed E-state index contributed by atoms with van der Waals surface area (Å²) in [6.45, 7) is 3.62. The molecule has 0 saturated carbocycles. The van der Waals surface area contributed by atoms with Gasteiger partial charge in [-0.05, 0) is 43.9 Å². The molecule has 6 heteroatoms. The molecule has 0 spiro atoms. The van der Waals surface area contributed by atoms with Gasteiger partial charge in [0.05, 0.1) is 11.0 Å². The van der Waals surface area contributed by atoms with E-state index in [9.17, 15) is 13.5 Å². The van der Waals surface area contributed by atoms with Gasteiger partial charge >= 0.3 is 0 Å². The minimum absolute atomic E-state index is 0.308. The fourth-order valence-corrected chi connectivity index (χ4v) is 4.10. The molecule has 0 aromatic heterocycles. The van der Waals surface area contributed by atoms with E-state index in [1.807, 2.05) is 6.07 Å². The number of nitrogens with one attached hydrogen (secondary N) is 1. The van der Waals surface area contributed by atoms with Gasteiger partial charge in [-0.15, -0.1) is 0 Å². The molecular formula is C17H26N2O3S. The van der Waals surface area contributed by atoms with E-state index in [-0.39, 0.29) is 6.10 Å². The SMILES string of the molecule is CCC=CCCNc1cccc(S(=O)(=O)N2CCC(O)CC2)c1. The maximum absolute atomic E-state index is 12.7. The summed E-state index contributed by atoms with van der Waals surface area (Å²) in [6.07, 6.45) is 6.79. The van der Waals surface area contributed by atoms with E-state index in [2.05, 4.69) is 24.4 Å². The van der Waals surface area contributed by atoms with Crippen LogP contribution in [0, 0.1) is 0 Å². The highest BCUT2D eigenvalue weighted by Gasteiger charge is 2.28. The quantitative estimate of drug-likeness (QED) is 0.592. The van der Waals surface area contributed by atoms with E-state index in [1.54, 1.807) is 18.2 Å². The summed E-state index contributed by atoms with van der Waals surface area (Å²) in [6, 6.07) is 6.95. The first-order valence-electron chi connectivity index (χ1n) is 8.21. The van der Waals surface area contributed by atoms with E-state index in [0.29, 0.717) is 30.8 Å². The van der Waals surface area contributed by atoms with Crippen LogP contribution >= 0.6 is 0 Å². The van der Waals surface area contributed by atoms with E-state index >= 15 is 0 Å². The third kappa shape index (κ3) is 5.06. The molecule has 23 heavy (non-hydrogen) atoms. The van der Waals surface area contributed by atoms with Crippen LogP contribution in [0.3, 0.4) is 0 Å². The molecule has 0 amide bonds. The molecule has 1 aliphatic heterocycles. The predicted molar refractivity (Wildman–Crippen MR) is 93.0 cm³/mol. The third-order valence-corrected chi connectivity index (χ3v) is 5.83. The van der Waals surface area contributed by atoms with Gasteiger partial charge < -0.3 is 10.4 Å². The average Bonchev–Trinajstić information content (AvgIpc) is 2.55. The molecule has 128 valence electrons. The van der Waals surface area contributed by atoms with E-state index in [4.69, 9.17) is 0 Å². The molecular weight excluding hydrogens is 312 g/mol. The standard InChI is InChI=1S/C17H26N2O3S/c1-2-3-4-5-11-18-15-7-6-8-17(14-15)23(21,22)19-12-9-16(20)10-13-19/h3-4,6-8,14,16,18,20H,2,5,9-13H2,1H3. The topological polar surface area (TPSA) is 69.6 Å². The Bertz CT molecular complexity index is 620. The smallest absolute Gasteiger partial charge is 0.243 e. The molecule has 0 radical (unpaired) electrons. The van der Waals surface area contributed by atoms with Gasteiger partial charge in [-0.25, -0.2) is 8.42 Å². The highest BCUT2D eigenvalue weighted by atomic mass is 32.2. The Morgan fingerprint density at radius 3 is 2.74 bits per heavy atom. The molecule has 5 nitrogen and oxygen atoms in total. The van der Waals surface area contributed by atoms with Gasteiger partial charge in [-0.1, -0.05) is 25.1 Å². The number of hydrogen-bond acceptors (Lipinski definition) is 4. The third-order valence-electron chi connectivity index (χ3n) is 3.94. The number of sulfonamides is 1. The van der Waals surface area contributed by atoms with Crippen LogP contribution in [0.1, 0.15) is 32.6 Å². The van der Waals surface area contributed by atoms with Gasteiger partial charge in [0.15, 0.2) is 0 Å². The maximum atomic E-state index is 12.7. The van der Waals surface area contributed by atoms with Gasteiger partial charge in [-0.3, -0.25) is 0 Å². The van der Waals surface area contributed by atoms with Crippen molar-refractivity contribution in [3.05, 3.63) is 36.4 Å². The van der Waals surface area contributed by atoms with Crippen molar-refractivity contribution in [1.82, 2.24) is 4.31 Å². The zero-order chi connectivity index (χ0) is 16.7.